The number of benzene rings is 1. The fourth-order valence-corrected chi connectivity index (χ4v) is 5.80. The van der Waals surface area contributed by atoms with Gasteiger partial charge in [-0.3, -0.25) is 31.9 Å². The van der Waals surface area contributed by atoms with E-state index in [1.807, 2.05) is 0 Å². The molecule has 3 aromatic heterocycles. The molecule has 10 radical (unpaired) electrons. The third-order valence-electron chi connectivity index (χ3n) is 6.63. The maximum absolute atomic E-state index is 13.7. The smallest absolute Gasteiger partial charge is 0.364 e. The van der Waals surface area contributed by atoms with Crippen molar-refractivity contribution in [3.8, 4) is 17.2 Å². The number of hydrogen-bond acceptors (Lipinski definition) is 19. The molecule has 1 atom stereocenters. The Morgan fingerprint density at radius 3 is 1.59 bits per heavy atom. The fourth-order valence-electron chi connectivity index (χ4n) is 4.42. The van der Waals surface area contributed by atoms with E-state index in [0.29, 0.717) is 17.1 Å². The SMILES string of the molecule is [B]n1cc(COc2cc(C(=O)NC(CN)C(=O)N[B]C(=O)NC([B]N(N)I)([B]N(N)I)[B]N(N)I)cc(OCc3cn([B])nn3)c2OCc2cn([B])nn2)nn1. The van der Waals surface area contributed by atoms with Gasteiger partial charge in [-0.05, 0) is 12.1 Å². The molecule has 4 aromatic rings. The highest BCUT2D eigenvalue weighted by Crippen LogP contribution is 2.40. The fraction of sp³-hybridized carbons (Fsp3) is 0.286. The minimum absolute atomic E-state index is 0.0119. The van der Waals surface area contributed by atoms with E-state index in [2.05, 4.69) is 46.8 Å². The number of nitrogens with two attached hydrogens (primary N) is 4. The number of nitrogens with zero attached hydrogens (tertiary/aromatic N) is 12. The van der Waals surface area contributed by atoms with Gasteiger partial charge in [0.1, 0.15) is 42.9 Å². The van der Waals surface area contributed by atoms with Gasteiger partial charge in [0, 0.05) is 105 Å². The number of amides is 3. The van der Waals surface area contributed by atoms with E-state index >= 15 is 0 Å². The zero-order chi connectivity index (χ0) is 41.0. The van der Waals surface area contributed by atoms with Crippen molar-refractivity contribution in [1.82, 2.24) is 70.0 Å². The highest BCUT2D eigenvalue weighted by molar-refractivity contribution is 14.1. The molecule has 4 rings (SSSR count). The van der Waals surface area contributed by atoms with Gasteiger partial charge in [-0.25, -0.2) is 9.40 Å². The Morgan fingerprint density at radius 2 is 1.21 bits per heavy atom. The van der Waals surface area contributed by atoms with Gasteiger partial charge < -0.3 is 49.6 Å². The number of carbonyl (C=O) groups excluding carboxylic acids is 3. The van der Waals surface area contributed by atoms with E-state index in [9.17, 15) is 14.4 Å². The van der Waals surface area contributed by atoms with Crippen molar-refractivity contribution in [2.45, 2.75) is 31.1 Å². The Bertz CT molecular complexity index is 1850. The van der Waals surface area contributed by atoms with Crippen LogP contribution in [0.5, 0.6) is 17.2 Å². The molecule has 282 valence electrons. The summed E-state index contributed by atoms with van der Waals surface area (Å²) in [7, 11) is 21.8. The van der Waals surface area contributed by atoms with Crippen LogP contribution in [0.15, 0.2) is 30.7 Å². The molecule has 0 bridgehead atoms. The van der Waals surface area contributed by atoms with Crippen molar-refractivity contribution >= 4 is 140 Å². The molecule has 0 fully saturated rings. The van der Waals surface area contributed by atoms with E-state index in [4.69, 9.17) is 61.4 Å². The second-order valence-electron chi connectivity index (χ2n) is 11.0. The van der Waals surface area contributed by atoms with Gasteiger partial charge in [0.15, 0.2) is 17.3 Å². The summed E-state index contributed by atoms with van der Waals surface area (Å²) in [5.74, 6) is 14.9. The Kier molecular flexibility index (Phi) is 17.5. The number of ether oxygens (including phenoxy) is 3. The largest absolute Gasteiger partial charge is 0.483 e. The van der Waals surface area contributed by atoms with E-state index in [0.717, 1.165) is 30.6 Å². The molecule has 0 saturated heterocycles. The third kappa shape index (κ3) is 14.3. The average molecular weight is 1100 g/mol. The van der Waals surface area contributed by atoms with Gasteiger partial charge in [0.25, 0.3) is 52.1 Å². The summed E-state index contributed by atoms with van der Waals surface area (Å²) in [5.41, 5.74) is 6.80. The minimum Gasteiger partial charge on any atom is -0.483 e. The van der Waals surface area contributed by atoms with Gasteiger partial charge in [-0.1, -0.05) is 15.6 Å². The number of aromatic nitrogens is 9. The van der Waals surface area contributed by atoms with Crippen LogP contribution in [0.1, 0.15) is 27.4 Å². The predicted octanol–water partition coefficient (Wildman–Crippen LogP) is -5.46. The summed E-state index contributed by atoms with van der Waals surface area (Å²) < 4.78 is 24.4. The standard InChI is InChI=1S/C21H25B7I3N19O6/c22-45-4-11(39-42-45)7-54-15-1-10(2-16(55-8-12-5-46(23)43-40-12)17(15)56-9-13-6-47(24)44-41-13)18(51)36-14(3-32)19(52)38-25-20(53)37-21(26-48(29)33,27-49(30)34)28-50(31)35/h1-2,4-6,14H,3,7-9,32-35H2,(H,36,51)(H,37,53)(H,38,52). The first-order valence-electron chi connectivity index (χ1n) is 15.2. The highest BCUT2D eigenvalue weighted by atomic mass is 127. The molecule has 0 aliphatic carbocycles. The number of hydrogen-bond donors (Lipinski definition) is 7. The van der Waals surface area contributed by atoms with Crippen LogP contribution in [0.25, 0.3) is 0 Å². The maximum atomic E-state index is 13.7. The van der Waals surface area contributed by atoms with Crippen LogP contribution in [0, 0.1) is 0 Å². The number of halogens is 3. The van der Waals surface area contributed by atoms with Crippen LogP contribution in [0.2, 0.25) is 0 Å². The molecule has 3 heterocycles. The Morgan fingerprint density at radius 1 is 0.786 bits per heavy atom. The highest BCUT2D eigenvalue weighted by Gasteiger charge is 2.41. The van der Waals surface area contributed by atoms with E-state index < -0.39 is 28.9 Å². The van der Waals surface area contributed by atoms with Gasteiger partial charge in [0.05, 0.1) is 0 Å². The van der Waals surface area contributed by atoms with Gasteiger partial charge in [0.2, 0.25) is 11.7 Å². The second kappa shape index (κ2) is 21.5. The van der Waals surface area contributed by atoms with Crippen molar-refractivity contribution in [2.75, 3.05) is 6.54 Å². The summed E-state index contributed by atoms with van der Waals surface area (Å²) in [6, 6.07) is 1.30. The molecule has 0 saturated carbocycles. The van der Waals surface area contributed by atoms with Gasteiger partial charge >= 0.3 is 7.41 Å². The van der Waals surface area contributed by atoms with Crippen LogP contribution in [0.3, 0.4) is 0 Å². The first-order valence-corrected chi connectivity index (χ1v) is 18.1. The topological polar surface area (TPSA) is 321 Å². The third-order valence-corrected chi connectivity index (χ3v) is 7.46. The summed E-state index contributed by atoms with van der Waals surface area (Å²) in [5, 5.41) is 28.8. The molecule has 35 heteroatoms. The first-order chi connectivity index (χ1) is 26.5. The molecule has 25 nitrogen and oxygen atoms in total. The van der Waals surface area contributed by atoms with E-state index in [-0.39, 0.29) is 49.2 Å². The quantitative estimate of drug-likeness (QED) is 0.0127. The van der Waals surface area contributed by atoms with E-state index in [1.54, 1.807) is 68.6 Å². The molecule has 0 aliphatic rings. The lowest BCUT2D eigenvalue weighted by molar-refractivity contribution is -0.121. The number of nitrogens with one attached hydrogen (secondary N) is 3. The first kappa shape index (κ1) is 45.5. The molecule has 3 amide bonds. The number of carbonyl (C=O) groups is 3. The molecular formula is C21H25B7I3N19O6. The Hall–Kier alpha value is -3.19. The Labute approximate surface area is 367 Å². The summed E-state index contributed by atoms with van der Waals surface area (Å²) in [4.78, 5) is 40.0. The summed E-state index contributed by atoms with van der Waals surface area (Å²) >= 11 is 5.25. The van der Waals surface area contributed by atoms with Crippen molar-refractivity contribution in [3.05, 3.63) is 53.4 Å². The van der Waals surface area contributed by atoms with Crippen molar-refractivity contribution in [1.29, 1.82) is 0 Å². The van der Waals surface area contributed by atoms with Crippen molar-refractivity contribution < 1.29 is 28.6 Å². The van der Waals surface area contributed by atoms with E-state index in [1.165, 1.54) is 53.0 Å². The monoisotopic (exact) mass is 1100 g/mol. The zero-order valence-electron chi connectivity index (χ0n) is 28.6. The van der Waals surface area contributed by atoms with Crippen LogP contribution in [-0.4, -0.2) is 143 Å². The molecule has 1 unspecified atom stereocenters. The lowest BCUT2D eigenvalue weighted by atomic mass is 9.35. The minimum atomic E-state index is -1.46. The second-order valence-corrected chi connectivity index (χ2v) is 14.3. The van der Waals surface area contributed by atoms with Gasteiger partial charge in [-0.2, -0.15) is 0 Å². The van der Waals surface area contributed by atoms with Crippen LogP contribution in [-0.2, 0) is 24.6 Å². The van der Waals surface area contributed by atoms with Crippen molar-refractivity contribution in [3.63, 3.8) is 0 Å². The molecule has 11 N–H and O–H groups in total. The molecule has 1 aromatic carbocycles. The lowest BCUT2D eigenvalue weighted by Gasteiger charge is -2.36. The van der Waals surface area contributed by atoms with Crippen LogP contribution < -0.4 is 53.3 Å². The Balaban J connectivity index is 1.56. The van der Waals surface area contributed by atoms with Gasteiger partial charge in [-0.15, -0.1) is 15.3 Å². The number of hydrazine groups is 3. The lowest BCUT2D eigenvalue weighted by Crippen LogP contribution is -2.71. The van der Waals surface area contributed by atoms with Crippen LogP contribution >= 0.6 is 68.6 Å². The molecule has 0 aliphatic heterocycles. The number of rotatable bonds is 22. The normalized spacial score (nSPS) is 11.9. The van der Waals surface area contributed by atoms with Crippen molar-refractivity contribution in [2.24, 2.45) is 23.3 Å². The summed E-state index contributed by atoms with van der Waals surface area (Å²) in [6.07, 6.45) is 4.23. The predicted molar refractivity (Wildman–Crippen MR) is 226 cm³/mol. The van der Waals surface area contributed by atoms with Crippen LogP contribution in [0.4, 0.5) is 4.79 Å². The average Bonchev–Trinajstić information content (AvgIpc) is 3.86. The maximum Gasteiger partial charge on any atom is 0.364 e. The molecular weight excluding hydrogens is 1070 g/mol. The molecule has 0 spiro atoms. The summed E-state index contributed by atoms with van der Waals surface area (Å²) in [6.45, 7) is -0.892. The zero-order valence-corrected chi connectivity index (χ0v) is 35.1. The molecule has 56 heavy (non-hydrogen) atoms.